The van der Waals surface area contributed by atoms with E-state index in [1.807, 2.05) is 84.9 Å². The Morgan fingerprint density at radius 3 is 2.00 bits per heavy atom. The van der Waals surface area contributed by atoms with Crippen LogP contribution in [0.15, 0.2) is 84.9 Å². The van der Waals surface area contributed by atoms with Crippen molar-refractivity contribution in [3.63, 3.8) is 0 Å². The van der Waals surface area contributed by atoms with Gasteiger partial charge in [-0.25, -0.2) is 0 Å². The van der Waals surface area contributed by atoms with Gasteiger partial charge in [-0.1, -0.05) is 48.5 Å². The zero-order chi connectivity index (χ0) is 22.0. The van der Waals surface area contributed by atoms with Crippen LogP contribution in [0.25, 0.3) is 0 Å². The third-order valence-electron chi connectivity index (χ3n) is 6.11. The van der Waals surface area contributed by atoms with Gasteiger partial charge in [0.05, 0.1) is 6.61 Å². The molecule has 0 saturated heterocycles. The van der Waals surface area contributed by atoms with E-state index in [9.17, 15) is 4.79 Å². The van der Waals surface area contributed by atoms with Crippen LogP contribution in [0, 0.1) is 11.8 Å². The zero-order valence-corrected chi connectivity index (χ0v) is 18.4. The standard InChI is InChI=1S/C28H31NO3/c30-28(25-15-17-27(18-16-25)32-20-23-7-3-1-4-8-23)29-19-22-11-13-24(14-12-22)21-31-26-9-5-2-6-10-26/h1-10,15-18,22,24H,11-14,19-21H2,(H,29,30). The number of rotatable bonds is 9. The molecule has 4 heteroatoms. The van der Waals surface area contributed by atoms with Crippen LogP contribution in [-0.4, -0.2) is 19.1 Å². The molecule has 1 fully saturated rings. The first kappa shape index (κ1) is 21.9. The molecule has 0 spiro atoms. The van der Waals surface area contributed by atoms with E-state index >= 15 is 0 Å². The number of hydrogen-bond donors (Lipinski definition) is 1. The molecule has 0 aromatic heterocycles. The number of carbonyl (C=O) groups is 1. The van der Waals surface area contributed by atoms with Crippen LogP contribution < -0.4 is 14.8 Å². The van der Waals surface area contributed by atoms with E-state index in [2.05, 4.69) is 5.32 Å². The molecule has 1 amide bonds. The third-order valence-corrected chi connectivity index (χ3v) is 6.11. The van der Waals surface area contributed by atoms with Gasteiger partial charge in [0.25, 0.3) is 5.91 Å². The maximum absolute atomic E-state index is 12.5. The lowest BCUT2D eigenvalue weighted by Crippen LogP contribution is -2.32. The van der Waals surface area contributed by atoms with Crippen LogP contribution >= 0.6 is 0 Å². The summed E-state index contributed by atoms with van der Waals surface area (Å²) >= 11 is 0. The minimum absolute atomic E-state index is 0.0193. The van der Waals surface area contributed by atoms with Crippen molar-refractivity contribution in [3.8, 4) is 11.5 Å². The summed E-state index contributed by atoms with van der Waals surface area (Å²) in [6.45, 7) is 2.03. The summed E-state index contributed by atoms with van der Waals surface area (Å²) < 4.78 is 11.7. The molecule has 1 saturated carbocycles. The molecule has 1 aliphatic carbocycles. The van der Waals surface area contributed by atoms with Gasteiger partial charge in [0.1, 0.15) is 18.1 Å². The Labute approximate surface area is 190 Å². The summed E-state index contributed by atoms with van der Waals surface area (Å²) in [7, 11) is 0. The normalized spacial score (nSPS) is 18.0. The van der Waals surface area contributed by atoms with Crippen molar-refractivity contribution in [1.29, 1.82) is 0 Å². The zero-order valence-electron chi connectivity index (χ0n) is 18.4. The van der Waals surface area contributed by atoms with Crippen LogP contribution in [0.5, 0.6) is 11.5 Å². The molecular formula is C28H31NO3. The fourth-order valence-electron chi connectivity index (χ4n) is 4.12. The molecule has 166 valence electrons. The number of carbonyl (C=O) groups excluding carboxylic acids is 1. The Morgan fingerprint density at radius 2 is 1.31 bits per heavy atom. The predicted octanol–water partition coefficient (Wildman–Crippen LogP) is 5.88. The molecule has 3 aromatic rings. The summed E-state index contributed by atoms with van der Waals surface area (Å²) in [5, 5.41) is 3.11. The molecule has 4 nitrogen and oxygen atoms in total. The van der Waals surface area contributed by atoms with Crippen LogP contribution in [0.1, 0.15) is 41.6 Å². The largest absolute Gasteiger partial charge is 0.493 e. The van der Waals surface area contributed by atoms with Crippen molar-refractivity contribution in [2.75, 3.05) is 13.2 Å². The van der Waals surface area contributed by atoms with Crippen molar-refractivity contribution in [2.24, 2.45) is 11.8 Å². The van der Waals surface area contributed by atoms with Crippen LogP contribution in [-0.2, 0) is 6.61 Å². The van der Waals surface area contributed by atoms with Crippen molar-refractivity contribution >= 4 is 5.91 Å². The molecule has 3 aromatic carbocycles. The lowest BCUT2D eigenvalue weighted by Gasteiger charge is -2.28. The van der Waals surface area contributed by atoms with E-state index in [1.54, 1.807) is 0 Å². The van der Waals surface area contributed by atoms with E-state index in [1.165, 1.54) is 0 Å². The summed E-state index contributed by atoms with van der Waals surface area (Å²) in [5.41, 5.74) is 1.79. The summed E-state index contributed by atoms with van der Waals surface area (Å²) in [6.07, 6.45) is 4.58. The first-order valence-electron chi connectivity index (χ1n) is 11.5. The fourth-order valence-corrected chi connectivity index (χ4v) is 4.12. The van der Waals surface area contributed by atoms with E-state index < -0.39 is 0 Å². The Bertz CT molecular complexity index is 949. The highest BCUT2D eigenvalue weighted by Crippen LogP contribution is 2.29. The number of ether oxygens (including phenoxy) is 2. The van der Waals surface area contributed by atoms with Gasteiger partial charge in [0, 0.05) is 12.1 Å². The molecule has 0 radical (unpaired) electrons. The van der Waals surface area contributed by atoms with E-state index in [-0.39, 0.29) is 5.91 Å². The van der Waals surface area contributed by atoms with E-state index in [4.69, 9.17) is 9.47 Å². The summed E-state index contributed by atoms with van der Waals surface area (Å²) in [4.78, 5) is 12.5. The highest BCUT2D eigenvalue weighted by atomic mass is 16.5. The van der Waals surface area contributed by atoms with Gasteiger partial charge in [-0.2, -0.15) is 0 Å². The smallest absolute Gasteiger partial charge is 0.251 e. The molecule has 0 aliphatic heterocycles. The minimum atomic E-state index is -0.0193. The van der Waals surface area contributed by atoms with Crippen molar-refractivity contribution in [2.45, 2.75) is 32.3 Å². The van der Waals surface area contributed by atoms with Crippen molar-refractivity contribution in [1.82, 2.24) is 5.32 Å². The van der Waals surface area contributed by atoms with E-state index in [0.717, 1.165) is 55.9 Å². The summed E-state index contributed by atoms with van der Waals surface area (Å²) in [5.74, 6) is 2.83. The van der Waals surface area contributed by atoms with Gasteiger partial charge in [0.15, 0.2) is 0 Å². The molecule has 0 unspecified atom stereocenters. The number of para-hydroxylation sites is 1. The highest BCUT2D eigenvalue weighted by molar-refractivity contribution is 5.94. The molecular weight excluding hydrogens is 398 g/mol. The Hall–Kier alpha value is -3.27. The maximum atomic E-state index is 12.5. The van der Waals surface area contributed by atoms with Crippen LogP contribution in [0.4, 0.5) is 0 Å². The second-order valence-electron chi connectivity index (χ2n) is 8.52. The number of nitrogens with one attached hydrogen (secondary N) is 1. The first-order chi connectivity index (χ1) is 15.8. The molecule has 1 N–H and O–H groups in total. The van der Waals surface area contributed by atoms with Gasteiger partial charge < -0.3 is 14.8 Å². The second kappa shape index (κ2) is 11.4. The molecule has 0 heterocycles. The Balaban J connectivity index is 1.15. The Morgan fingerprint density at radius 1 is 0.719 bits per heavy atom. The topological polar surface area (TPSA) is 47.6 Å². The lowest BCUT2D eigenvalue weighted by atomic mass is 9.82. The van der Waals surface area contributed by atoms with Crippen molar-refractivity contribution < 1.29 is 14.3 Å². The van der Waals surface area contributed by atoms with Gasteiger partial charge in [0.2, 0.25) is 0 Å². The fraction of sp³-hybridized carbons (Fsp3) is 0.321. The summed E-state index contributed by atoms with van der Waals surface area (Å²) in [6, 6.07) is 27.4. The number of benzene rings is 3. The maximum Gasteiger partial charge on any atom is 0.251 e. The first-order valence-corrected chi connectivity index (χ1v) is 11.5. The van der Waals surface area contributed by atoms with Gasteiger partial charge >= 0.3 is 0 Å². The Kier molecular flexibility index (Phi) is 7.80. The number of hydrogen-bond acceptors (Lipinski definition) is 3. The minimum Gasteiger partial charge on any atom is -0.493 e. The van der Waals surface area contributed by atoms with Crippen LogP contribution in [0.2, 0.25) is 0 Å². The quantitative estimate of drug-likeness (QED) is 0.462. The molecule has 1 aliphatic rings. The molecule has 32 heavy (non-hydrogen) atoms. The average Bonchev–Trinajstić information content (AvgIpc) is 2.87. The number of amides is 1. The monoisotopic (exact) mass is 429 g/mol. The van der Waals surface area contributed by atoms with Crippen LogP contribution in [0.3, 0.4) is 0 Å². The van der Waals surface area contributed by atoms with Crippen molar-refractivity contribution in [3.05, 3.63) is 96.1 Å². The molecule has 0 bridgehead atoms. The highest BCUT2D eigenvalue weighted by Gasteiger charge is 2.22. The average molecular weight is 430 g/mol. The van der Waals surface area contributed by atoms with Gasteiger partial charge in [-0.15, -0.1) is 0 Å². The second-order valence-corrected chi connectivity index (χ2v) is 8.52. The van der Waals surface area contributed by atoms with Gasteiger partial charge in [-0.3, -0.25) is 4.79 Å². The van der Waals surface area contributed by atoms with Gasteiger partial charge in [-0.05, 0) is 79.5 Å². The van der Waals surface area contributed by atoms with E-state index in [0.29, 0.717) is 24.0 Å². The molecule has 4 rings (SSSR count). The predicted molar refractivity (Wildman–Crippen MR) is 127 cm³/mol. The SMILES string of the molecule is O=C(NCC1CCC(COc2ccccc2)CC1)c1ccc(OCc2ccccc2)cc1. The third kappa shape index (κ3) is 6.61. The molecule has 0 atom stereocenters. The lowest BCUT2D eigenvalue weighted by molar-refractivity contribution is 0.0938.